The predicted octanol–water partition coefficient (Wildman–Crippen LogP) is 3.20. The van der Waals surface area contributed by atoms with Gasteiger partial charge in [0.2, 0.25) is 0 Å². The van der Waals surface area contributed by atoms with Crippen molar-refractivity contribution in [3.05, 3.63) is 62.9 Å². The third kappa shape index (κ3) is 3.10. The zero-order valence-electron chi connectivity index (χ0n) is 10.5. The number of hydrogen-bond acceptors (Lipinski definition) is 4. The summed E-state index contributed by atoms with van der Waals surface area (Å²) in [6.07, 6.45) is 0. The molecule has 6 nitrogen and oxygen atoms in total. The second-order valence-corrected chi connectivity index (χ2v) is 4.45. The summed E-state index contributed by atoms with van der Waals surface area (Å²) in [5.41, 5.74) is 1.10. The summed E-state index contributed by atoms with van der Waals surface area (Å²) in [6, 6.07) is 9.05. The number of carbonyl (C=O) groups is 1. The predicted molar refractivity (Wildman–Crippen MR) is 75.0 cm³/mol. The topological polar surface area (TPSA) is 85.1 Å². The molecule has 1 N–H and O–H groups in total. The molecule has 0 bridgehead atoms. The van der Waals surface area contributed by atoms with E-state index in [0.29, 0.717) is 11.3 Å². The summed E-state index contributed by atoms with van der Waals surface area (Å²) in [5, 5.41) is 13.5. The molecule has 102 valence electrons. The largest absolute Gasteiger partial charge is 0.321 e. The molecule has 2 rings (SSSR count). The van der Waals surface area contributed by atoms with Gasteiger partial charge in [-0.2, -0.15) is 0 Å². The number of nitro benzene ring substituents is 1. The van der Waals surface area contributed by atoms with Gasteiger partial charge in [0.1, 0.15) is 10.8 Å². The fraction of sp³-hybridized carbons (Fsp3) is 0.0769. The number of hydrogen-bond donors (Lipinski definition) is 1. The lowest BCUT2D eigenvalue weighted by Crippen LogP contribution is -2.13. The summed E-state index contributed by atoms with van der Waals surface area (Å²) in [5.74, 6) is -0.430. The molecule has 0 atom stereocenters. The summed E-state index contributed by atoms with van der Waals surface area (Å²) in [4.78, 5) is 26.0. The minimum Gasteiger partial charge on any atom is -0.321 e. The molecule has 0 aliphatic rings. The van der Waals surface area contributed by atoms with Crippen molar-refractivity contribution in [2.45, 2.75) is 6.92 Å². The number of nitrogens with one attached hydrogen (secondary N) is 1. The average molecular weight is 292 g/mol. The van der Waals surface area contributed by atoms with Crippen LogP contribution in [0.3, 0.4) is 0 Å². The molecular formula is C13H10ClN3O3. The van der Waals surface area contributed by atoms with Gasteiger partial charge in [0.05, 0.1) is 4.92 Å². The Balaban J connectivity index is 2.20. The molecule has 1 aromatic carbocycles. The van der Waals surface area contributed by atoms with E-state index in [1.54, 1.807) is 19.1 Å². The number of halogens is 1. The monoisotopic (exact) mass is 291 g/mol. The summed E-state index contributed by atoms with van der Waals surface area (Å²) in [7, 11) is 0. The van der Waals surface area contributed by atoms with Gasteiger partial charge in [-0.25, -0.2) is 4.98 Å². The minimum absolute atomic E-state index is 0.00359. The molecule has 20 heavy (non-hydrogen) atoms. The van der Waals surface area contributed by atoms with Crippen LogP contribution in [-0.2, 0) is 0 Å². The standard InChI is InChI=1S/C13H10ClN3O3/c1-8-7-9(5-6-11(8)17(19)20)15-13(18)10-3-2-4-12(14)16-10/h2-7H,1H3,(H,15,18). The van der Waals surface area contributed by atoms with Crippen LogP contribution in [0.15, 0.2) is 36.4 Å². The van der Waals surface area contributed by atoms with E-state index in [-0.39, 0.29) is 16.5 Å². The van der Waals surface area contributed by atoms with Crippen LogP contribution in [0.4, 0.5) is 11.4 Å². The Hall–Kier alpha value is -2.47. The normalized spacial score (nSPS) is 10.1. The van der Waals surface area contributed by atoms with Gasteiger partial charge >= 0.3 is 0 Å². The Morgan fingerprint density at radius 3 is 2.70 bits per heavy atom. The van der Waals surface area contributed by atoms with Gasteiger partial charge in [-0.1, -0.05) is 17.7 Å². The molecule has 0 aliphatic heterocycles. The van der Waals surface area contributed by atoms with E-state index in [2.05, 4.69) is 10.3 Å². The quantitative estimate of drug-likeness (QED) is 0.534. The average Bonchev–Trinajstić information content (AvgIpc) is 2.38. The van der Waals surface area contributed by atoms with E-state index in [9.17, 15) is 14.9 Å². The molecule has 1 amide bonds. The van der Waals surface area contributed by atoms with Gasteiger partial charge in [-0.15, -0.1) is 0 Å². The maximum Gasteiger partial charge on any atom is 0.274 e. The second-order valence-electron chi connectivity index (χ2n) is 4.06. The summed E-state index contributed by atoms with van der Waals surface area (Å²) < 4.78 is 0. The van der Waals surface area contributed by atoms with Crippen LogP contribution >= 0.6 is 11.6 Å². The molecule has 2 aromatic rings. The van der Waals surface area contributed by atoms with E-state index < -0.39 is 10.8 Å². The SMILES string of the molecule is Cc1cc(NC(=O)c2cccc(Cl)n2)ccc1[N+](=O)[O-]. The third-order valence-corrected chi connectivity index (χ3v) is 2.81. The number of anilines is 1. The number of aryl methyl sites for hydroxylation is 1. The van der Waals surface area contributed by atoms with E-state index in [0.717, 1.165) is 0 Å². The lowest BCUT2D eigenvalue weighted by molar-refractivity contribution is -0.385. The first kappa shape index (κ1) is 14.0. The van der Waals surface area contributed by atoms with Crippen molar-refractivity contribution in [2.75, 3.05) is 5.32 Å². The van der Waals surface area contributed by atoms with Crippen LogP contribution in [0, 0.1) is 17.0 Å². The van der Waals surface area contributed by atoms with Crippen molar-refractivity contribution in [3.8, 4) is 0 Å². The molecule has 0 fully saturated rings. The fourth-order valence-electron chi connectivity index (χ4n) is 1.67. The van der Waals surface area contributed by atoms with E-state index >= 15 is 0 Å². The first-order chi connectivity index (χ1) is 9.47. The minimum atomic E-state index is -0.473. The Morgan fingerprint density at radius 2 is 2.10 bits per heavy atom. The van der Waals surface area contributed by atoms with Crippen molar-refractivity contribution in [1.29, 1.82) is 0 Å². The third-order valence-electron chi connectivity index (χ3n) is 2.60. The zero-order chi connectivity index (χ0) is 14.7. The van der Waals surface area contributed by atoms with Gasteiger partial charge in [0.25, 0.3) is 11.6 Å². The number of nitrogens with zero attached hydrogens (tertiary/aromatic N) is 2. The fourth-order valence-corrected chi connectivity index (χ4v) is 1.83. The Bertz CT molecular complexity index is 688. The molecular weight excluding hydrogens is 282 g/mol. The number of aromatic nitrogens is 1. The highest BCUT2D eigenvalue weighted by Crippen LogP contribution is 2.21. The molecule has 7 heteroatoms. The molecule has 0 unspecified atom stereocenters. The van der Waals surface area contributed by atoms with Crippen LogP contribution in [0.2, 0.25) is 5.15 Å². The first-order valence-electron chi connectivity index (χ1n) is 5.66. The molecule has 0 radical (unpaired) electrons. The van der Waals surface area contributed by atoms with Gasteiger partial charge in [-0.05, 0) is 31.2 Å². The van der Waals surface area contributed by atoms with Gasteiger partial charge in [0, 0.05) is 17.3 Å². The number of nitro groups is 1. The van der Waals surface area contributed by atoms with Crippen LogP contribution in [-0.4, -0.2) is 15.8 Å². The number of rotatable bonds is 3. The number of carbonyl (C=O) groups excluding carboxylic acids is 1. The van der Waals surface area contributed by atoms with Crippen molar-refractivity contribution < 1.29 is 9.72 Å². The van der Waals surface area contributed by atoms with Crippen molar-refractivity contribution >= 4 is 28.9 Å². The van der Waals surface area contributed by atoms with Crippen molar-refractivity contribution in [3.63, 3.8) is 0 Å². The Kier molecular flexibility index (Phi) is 3.95. The number of benzene rings is 1. The number of amides is 1. The molecule has 0 spiro atoms. The highest BCUT2D eigenvalue weighted by molar-refractivity contribution is 6.29. The smallest absolute Gasteiger partial charge is 0.274 e. The van der Waals surface area contributed by atoms with Gasteiger partial charge in [-0.3, -0.25) is 14.9 Å². The molecule has 0 aliphatic carbocycles. The Morgan fingerprint density at radius 1 is 1.35 bits per heavy atom. The maximum atomic E-state index is 11.9. The van der Waals surface area contributed by atoms with Crippen molar-refractivity contribution in [2.24, 2.45) is 0 Å². The van der Waals surface area contributed by atoms with E-state index in [4.69, 9.17) is 11.6 Å². The summed E-state index contributed by atoms with van der Waals surface area (Å²) in [6.45, 7) is 1.60. The van der Waals surface area contributed by atoms with Crippen molar-refractivity contribution in [1.82, 2.24) is 4.98 Å². The second kappa shape index (κ2) is 5.66. The lowest BCUT2D eigenvalue weighted by atomic mass is 10.2. The van der Waals surface area contributed by atoms with Crippen LogP contribution < -0.4 is 5.32 Å². The highest BCUT2D eigenvalue weighted by Gasteiger charge is 2.12. The molecule has 0 saturated carbocycles. The molecule has 1 aromatic heterocycles. The Labute approximate surface area is 119 Å². The highest BCUT2D eigenvalue weighted by atomic mass is 35.5. The molecule has 0 saturated heterocycles. The van der Waals surface area contributed by atoms with Gasteiger partial charge < -0.3 is 5.32 Å². The van der Waals surface area contributed by atoms with Crippen LogP contribution in [0.25, 0.3) is 0 Å². The van der Waals surface area contributed by atoms with Crippen LogP contribution in [0.5, 0.6) is 0 Å². The van der Waals surface area contributed by atoms with Crippen LogP contribution in [0.1, 0.15) is 16.1 Å². The van der Waals surface area contributed by atoms with E-state index in [1.165, 1.54) is 24.3 Å². The summed E-state index contributed by atoms with van der Waals surface area (Å²) >= 11 is 5.71. The first-order valence-corrected chi connectivity index (χ1v) is 6.04. The molecule has 1 heterocycles. The number of pyridine rings is 1. The van der Waals surface area contributed by atoms with Gasteiger partial charge in [0.15, 0.2) is 0 Å². The van der Waals surface area contributed by atoms with E-state index in [1.807, 2.05) is 0 Å². The lowest BCUT2D eigenvalue weighted by Gasteiger charge is -2.06. The zero-order valence-corrected chi connectivity index (χ0v) is 11.2. The maximum absolute atomic E-state index is 11.9.